The molecule has 0 radical (unpaired) electrons. The molecule has 1 fully saturated rings. The van der Waals surface area contributed by atoms with E-state index in [2.05, 4.69) is 15.0 Å². The highest BCUT2D eigenvalue weighted by molar-refractivity contribution is 7.99. The van der Waals surface area contributed by atoms with Crippen LogP contribution in [0, 0.1) is 13.8 Å². The molecular formula is C32H40F3N7O6S. The Bertz CT molecular complexity index is 1770. The van der Waals surface area contributed by atoms with Crippen LogP contribution >= 0.6 is 11.8 Å². The molecule has 13 nitrogen and oxygen atoms in total. The summed E-state index contributed by atoms with van der Waals surface area (Å²) in [5.41, 5.74) is 0.677. The summed E-state index contributed by atoms with van der Waals surface area (Å²) < 4.78 is 59.5. The number of rotatable bonds is 6. The van der Waals surface area contributed by atoms with Gasteiger partial charge >= 0.3 is 24.3 Å². The van der Waals surface area contributed by atoms with E-state index in [1.807, 2.05) is 13.8 Å². The highest BCUT2D eigenvalue weighted by Crippen LogP contribution is 2.40. The molecule has 1 aliphatic carbocycles. The Morgan fingerprint density at radius 1 is 0.980 bits per heavy atom. The molecule has 0 N–H and O–H groups in total. The van der Waals surface area contributed by atoms with Gasteiger partial charge in [0.05, 0.1) is 30.4 Å². The van der Waals surface area contributed by atoms with Gasteiger partial charge in [0.2, 0.25) is 5.95 Å². The van der Waals surface area contributed by atoms with E-state index in [0.29, 0.717) is 40.3 Å². The number of alkyl halides is 3. The number of nitrogens with zero attached hydrogens (tertiary/aromatic N) is 7. The van der Waals surface area contributed by atoms with Gasteiger partial charge in [-0.2, -0.15) is 23.3 Å². The second-order valence-corrected chi connectivity index (χ2v) is 15.1. The van der Waals surface area contributed by atoms with Crippen LogP contribution in [-0.2, 0) is 27.2 Å². The molecule has 266 valence electrons. The molecule has 0 bridgehead atoms. The quantitative estimate of drug-likeness (QED) is 0.273. The number of carbonyl (C=O) groups excluding carboxylic acids is 3. The van der Waals surface area contributed by atoms with Crippen LogP contribution in [0.1, 0.15) is 76.9 Å². The second kappa shape index (κ2) is 12.9. The molecule has 1 atom stereocenters. The van der Waals surface area contributed by atoms with Gasteiger partial charge in [-0.15, -0.1) is 16.7 Å². The van der Waals surface area contributed by atoms with Crippen LogP contribution in [-0.4, -0.2) is 90.1 Å². The summed E-state index contributed by atoms with van der Waals surface area (Å²) in [5, 5.41) is 5.48. The van der Waals surface area contributed by atoms with Crippen LogP contribution in [0.4, 0.5) is 28.7 Å². The first-order chi connectivity index (χ1) is 22.7. The number of amides is 3. The van der Waals surface area contributed by atoms with Crippen molar-refractivity contribution < 1.29 is 41.8 Å². The average molecular weight is 708 g/mol. The predicted octanol–water partition coefficient (Wildman–Crippen LogP) is 6.14. The van der Waals surface area contributed by atoms with Crippen LogP contribution < -0.4 is 9.64 Å². The molecule has 4 heterocycles. The van der Waals surface area contributed by atoms with Gasteiger partial charge in [0.1, 0.15) is 22.0 Å². The Hall–Kier alpha value is -4.15. The van der Waals surface area contributed by atoms with E-state index in [1.54, 1.807) is 54.8 Å². The number of aryl methyl sites for hydroxylation is 1. The number of halogens is 3. The van der Waals surface area contributed by atoms with Crippen LogP contribution in [0.3, 0.4) is 0 Å². The Morgan fingerprint density at radius 2 is 1.59 bits per heavy atom. The van der Waals surface area contributed by atoms with Crippen LogP contribution in [0.2, 0.25) is 0 Å². The molecule has 5 rings (SSSR count). The second-order valence-electron chi connectivity index (χ2n) is 14.1. The smallest absolute Gasteiger partial charge is 0.471 e. The molecular weight excluding hydrogens is 667 g/mol. The maximum absolute atomic E-state index is 13.8. The van der Waals surface area contributed by atoms with Gasteiger partial charge in [0.25, 0.3) is 0 Å². The lowest BCUT2D eigenvalue weighted by molar-refractivity contribution is -0.188. The van der Waals surface area contributed by atoms with Gasteiger partial charge in [-0.1, -0.05) is 0 Å². The molecule has 49 heavy (non-hydrogen) atoms. The van der Waals surface area contributed by atoms with Crippen molar-refractivity contribution in [1.29, 1.82) is 0 Å². The van der Waals surface area contributed by atoms with Gasteiger partial charge in [-0.05, 0) is 68.2 Å². The fourth-order valence-electron chi connectivity index (χ4n) is 5.55. The molecule has 1 saturated carbocycles. The van der Waals surface area contributed by atoms with Crippen molar-refractivity contribution in [2.24, 2.45) is 0 Å². The summed E-state index contributed by atoms with van der Waals surface area (Å²) in [5.74, 6) is -1.60. The first-order valence-electron chi connectivity index (χ1n) is 15.7. The zero-order valence-electron chi connectivity index (χ0n) is 28.9. The molecule has 3 amide bonds. The van der Waals surface area contributed by atoms with Crippen molar-refractivity contribution in [3.63, 3.8) is 0 Å². The Balaban J connectivity index is 1.68. The van der Waals surface area contributed by atoms with Crippen molar-refractivity contribution in [3.8, 4) is 5.75 Å². The largest absolute Gasteiger partial charge is 0.496 e. The fraction of sp³-hybridized carbons (Fsp3) is 0.594. The van der Waals surface area contributed by atoms with Gasteiger partial charge in [0, 0.05) is 41.6 Å². The number of imide groups is 1. The maximum atomic E-state index is 13.8. The summed E-state index contributed by atoms with van der Waals surface area (Å²) in [7, 11) is 1.55. The highest BCUT2D eigenvalue weighted by atomic mass is 32.2. The Morgan fingerprint density at radius 3 is 2.12 bits per heavy atom. The number of anilines is 1. The van der Waals surface area contributed by atoms with Gasteiger partial charge in [0.15, 0.2) is 5.65 Å². The van der Waals surface area contributed by atoms with Crippen molar-refractivity contribution >= 4 is 46.8 Å². The topological polar surface area (TPSA) is 142 Å². The molecule has 0 saturated heterocycles. The minimum Gasteiger partial charge on any atom is -0.496 e. The van der Waals surface area contributed by atoms with Crippen molar-refractivity contribution in [1.82, 2.24) is 29.6 Å². The van der Waals surface area contributed by atoms with Crippen LogP contribution in [0.5, 0.6) is 5.75 Å². The monoisotopic (exact) mass is 707 g/mol. The number of hydrogen-bond donors (Lipinski definition) is 0. The van der Waals surface area contributed by atoms with E-state index in [-0.39, 0.29) is 35.3 Å². The predicted molar refractivity (Wildman–Crippen MR) is 174 cm³/mol. The molecule has 0 unspecified atom stereocenters. The zero-order chi connectivity index (χ0) is 36.2. The lowest BCUT2D eigenvalue weighted by Gasteiger charge is -2.31. The third-order valence-corrected chi connectivity index (χ3v) is 8.79. The number of thioether (sulfide) groups is 1. The summed E-state index contributed by atoms with van der Waals surface area (Å²) in [6, 6.07) is -1.41. The molecule has 3 aromatic rings. The number of carbonyl (C=O) groups is 3. The van der Waals surface area contributed by atoms with Gasteiger partial charge in [-0.3, -0.25) is 9.78 Å². The number of methoxy groups -OCH3 is 1. The lowest BCUT2D eigenvalue weighted by Crippen LogP contribution is -2.50. The molecule has 17 heteroatoms. The van der Waals surface area contributed by atoms with Crippen molar-refractivity contribution in [2.75, 3.05) is 17.8 Å². The third kappa shape index (κ3) is 7.86. The normalized spacial score (nSPS) is 16.6. The summed E-state index contributed by atoms with van der Waals surface area (Å²) in [6.07, 6.45) is -4.66. The fourth-order valence-corrected chi connectivity index (χ4v) is 6.68. The van der Waals surface area contributed by atoms with E-state index >= 15 is 0 Å². The number of hydrogen-bond acceptors (Lipinski definition) is 11. The molecule has 0 aromatic carbocycles. The number of pyridine rings is 1. The first-order valence-corrected chi connectivity index (χ1v) is 16.7. The highest BCUT2D eigenvalue weighted by Gasteiger charge is 2.50. The lowest BCUT2D eigenvalue weighted by atomic mass is 10.1. The van der Waals surface area contributed by atoms with E-state index in [4.69, 9.17) is 19.3 Å². The van der Waals surface area contributed by atoms with E-state index in [9.17, 15) is 27.6 Å². The van der Waals surface area contributed by atoms with Crippen LogP contribution in [0.25, 0.3) is 11.0 Å². The van der Waals surface area contributed by atoms with Gasteiger partial charge in [-0.25, -0.2) is 19.3 Å². The summed E-state index contributed by atoms with van der Waals surface area (Å²) in [6.45, 7) is 13.5. The molecule has 0 spiro atoms. The summed E-state index contributed by atoms with van der Waals surface area (Å²) in [4.78, 5) is 55.1. The van der Waals surface area contributed by atoms with Gasteiger partial charge < -0.3 is 19.1 Å². The number of ether oxygens (including phenoxy) is 3. The minimum atomic E-state index is -5.05. The standard InChI is InChI=1S/C32H40F3N7O6S/c1-16-13-36-21(17(2)23(16)46-9)14-40-24-22-20(39-40)12-19(41(18-10-11-18)26(43)32(33,34)35)15-49-25(22)38-27(37-24)42(28(44)47-30(3,4)5)29(45)48-31(6,7)8/h13,18-19H,10-12,14-15H2,1-9H3/t19-/m1/s1. The summed E-state index contributed by atoms with van der Waals surface area (Å²) >= 11 is 1.09. The first kappa shape index (κ1) is 36.1. The zero-order valence-corrected chi connectivity index (χ0v) is 29.7. The van der Waals surface area contributed by atoms with E-state index < -0.39 is 47.6 Å². The minimum absolute atomic E-state index is 0.00397. The van der Waals surface area contributed by atoms with E-state index in [0.717, 1.165) is 27.8 Å². The van der Waals surface area contributed by atoms with E-state index in [1.165, 1.54) is 4.68 Å². The molecule has 3 aromatic heterocycles. The third-order valence-electron chi connectivity index (χ3n) is 7.67. The SMILES string of the molecule is COc1c(C)cnc(Cn2nc3c4c(nc(N(C(=O)OC(C)(C)C)C(=O)OC(C)(C)C)nc42)SC[C@H](N(C(=O)C(F)(F)F)C2CC2)C3)c1C. The Kier molecular flexibility index (Phi) is 9.55. The van der Waals surface area contributed by atoms with Crippen LogP contribution in [0.15, 0.2) is 11.2 Å². The molecule has 1 aliphatic heterocycles. The Labute approximate surface area is 285 Å². The molecule has 2 aliphatic rings. The maximum Gasteiger partial charge on any atom is 0.471 e. The number of aromatic nitrogens is 5. The average Bonchev–Trinajstić information content (AvgIpc) is 3.75. The van der Waals surface area contributed by atoms with Crippen molar-refractivity contribution in [2.45, 2.75) is 116 Å². The van der Waals surface area contributed by atoms with Crippen molar-refractivity contribution in [3.05, 3.63) is 28.7 Å².